The Morgan fingerprint density at radius 2 is 1.83 bits per heavy atom. The number of aryl methyl sites for hydroxylation is 3. The summed E-state index contributed by atoms with van der Waals surface area (Å²) < 4.78 is 5.49. The first-order valence-corrected chi connectivity index (χ1v) is 11.7. The number of carbonyl (C=O) groups is 1. The lowest BCUT2D eigenvalue weighted by Crippen LogP contribution is -2.28. The van der Waals surface area contributed by atoms with Crippen molar-refractivity contribution in [3.8, 4) is 17.1 Å². The first kappa shape index (κ1) is 24.1. The van der Waals surface area contributed by atoms with Gasteiger partial charge in [0.25, 0.3) is 5.91 Å². The fraction of sp³-hybridized carbons (Fsp3) is 0.296. The summed E-state index contributed by atoms with van der Waals surface area (Å²) in [6, 6.07) is 13.4. The van der Waals surface area contributed by atoms with E-state index in [4.69, 9.17) is 9.72 Å². The summed E-state index contributed by atoms with van der Waals surface area (Å²) in [6.07, 6.45) is 2.26. The van der Waals surface area contributed by atoms with Crippen LogP contribution in [0.4, 0.5) is 0 Å². The molecule has 0 aliphatic heterocycles. The Balaban J connectivity index is 1.49. The van der Waals surface area contributed by atoms with E-state index in [2.05, 4.69) is 25.5 Å². The fourth-order valence-corrected chi connectivity index (χ4v) is 3.91. The maximum Gasteiger partial charge on any atom is 0.270 e. The highest BCUT2D eigenvalue weighted by molar-refractivity contribution is 5.94. The highest BCUT2D eigenvalue weighted by Gasteiger charge is 2.17. The van der Waals surface area contributed by atoms with E-state index in [1.165, 1.54) is 0 Å². The third-order valence-electron chi connectivity index (χ3n) is 5.62. The van der Waals surface area contributed by atoms with Gasteiger partial charge in [-0.3, -0.25) is 14.9 Å². The molecular weight excluding hydrogens is 440 g/mol. The van der Waals surface area contributed by atoms with Crippen LogP contribution >= 0.6 is 0 Å². The topological polar surface area (TPSA) is 106 Å². The van der Waals surface area contributed by atoms with Crippen molar-refractivity contribution in [2.45, 2.75) is 47.1 Å². The zero-order chi connectivity index (χ0) is 24.9. The molecular formula is C27H30N6O2. The average Bonchev–Trinajstić information content (AvgIpc) is 3.23. The van der Waals surface area contributed by atoms with E-state index in [1.807, 2.05) is 77.1 Å². The molecule has 3 heterocycles. The van der Waals surface area contributed by atoms with Gasteiger partial charge in [0.15, 0.2) is 5.82 Å². The van der Waals surface area contributed by atoms with Gasteiger partial charge in [-0.2, -0.15) is 5.10 Å². The molecule has 35 heavy (non-hydrogen) atoms. The molecule has 4 aromatic rings. The number of amides is 1. The standard InChI is InChI=1S/C27H30N6O2/c1-6-35-24-9-7-20(8-10-24)19(5)30-27(34)25-16(2)11-21(15-28-25)26-29-17(3)12-22(31-26)14-23-13-18(4)32-33-23/h7-13,15,19H,6,14H2,1-5H3,(H,30,34)(H,32,33)/t19-/m1/s1. The smallest absolute Gasteiger partial charge is 0.270 e. The van der Waals surface area contributed by atoms with E-state index in [0.29, 0.717) is 24.5 Å². The second-order valence-electron chi connectivity index (χ2n) is 8.63. The SMILES string of the molecule is CCOc1ccc([C@@H](C)NC(=O)c2ncc(-c3nc(C)cc(Cc4cc(C)[nH]n4)n3)cc2C)cc1. The predicted molar refractivity (Wildman–Crippen MR) is 134 cm³/mol. The average molecular weight is 471 g/mol. The van der Waals surface area contributed by atoms with Crippen LogP contribution in [-0.4, -0.2) is 37.7 Å². The number of benzene rings is 1. The molecule has 0 bridgehead atoms. The molecule has 0 aliphatic rings. The van der Waals surface area contributed by atoms with Gasteiger partial charge in [0.1, 0.15) is 11.4 Å². The molecule has 3 aromatic heterocycles. The third kappa shape index (κ3) is 5.90. The van der Waals surface area contributed by atoms with Crippen LogP contribution in [0, 0.1) is 20.8 Å². The van der Waals surface area contributed by atoms with Crippen molar-refractivity contribution < 1.29 is 9.53 Å². The lowest BCUT2D eigenvalue weighted by Gasteiger charge is -2.16. The fourth-order valence-electron chi connectivity index (χ4n) is 3.91. The maximum absolute atomic E-state index is 12.9. The summed E-state index contributed by atoms with van der Waals surface area (Å²) in [5.41, 5.74) is 6.57. The Morgan fingerprint density at radius 1 is 1.06 bits per heavy atom. The number of hydrogen-bond acceptors (Lipinski definition) is 6. The lowest BCUT2D eigenvalue weighted by molar-refractivity contribution is 0.0934. The van der Waals surface area contributed by atoms with E-state index in [0.717, 1.165) is 45.2 Å². The minimum Gasteiger partial charge on any atom is -0.494 e. The van der Waals surface area contributed by atoms with Gasteiger partial charge in [-0.25, -0.2) is 9.97 Å². The molecule has 0 saturated carbocycles. The number of ether oxygens (including phenoxy) is 1. The first-order valence-electron chi connectivity index (χ1n) is 11.7. The number of nitrogens with zero attached hydrogens (tertiary/aromatic N) is 4. The number of aromatic amines is 1. The minimum atomic E-state index is -0.227. The van der Waals surface area contributed by atoms with Gasteiger partial charge in [0, 0.05) is 29.6 Å². The molecule has 0 radical (unpaired) electrons. The van der Waals surface area contributed by atoms with Crippen LogP contribution in [-0.2, 0) is 6.42 Å². The van der Waals surface area contributed by atoms with E-state index >= 15 is 0 Å². The molecule has 4 rings (SSSR count). The van der Waals surface area contributed by atoms with Crippen molar-refractivity contribution in [1.29, 1.82) is 0 Å². The van der Waals surface area contributed by atoms with Crippen LogP contribution in [0.5, 0.6) is 5.75 Å². The second kappa shape index (κ2) is 10.5. The highest BCUT2D eigenvalue weighted by Crippen LogP contribution is 2.21. The van der Waals surface area contributed by atoms with Crippen LogP contribution < -0.4 is 10.1 Å². The number of H-pyrrole nitrogens is 1. The molecule has 180 valence electrons. The molecule has 0 spiro atoms. The van der Waals surface area contributed by atoms with Crippen LogP contribution in [0.2, 0.25) is 0 Å². The third-order valence-corrected chi connectivity index (χ3v) is 5.62. The molecule has 0 aliphatic carbocycles. The van der Waals surface area contributed by atoms with Crippen molar-refractivity contribution in [3.05, 3.63) is 88.3 Å². The number of aromatic nitrogens is 5. The van der Waals surface area contributed by atoms with Crippen molar-refractivity contribution in [1.82, 2.24) is 30.5 Å². The second-order valence-corrected chi connectivity index (χ2v) is 8.63. The zero-order valence-corrected chi connectivity index (χ0v) is 20.7. The summed E-state index contributed by atoms with van der Waals surface area (Å²) >= 11 is 0. The van der Waals surface area contributed by atoms with E-state index < -0.39 is 0 Å². The maximum atomic E-state index is 12.9. The van der Waals surface area contributed by atoms with Crippen LogP contribution in [0.3, 0.4) is 0 Å². The molecule has 8 nitrogen and oxygen atoms in total. The Kier molecular flexibility index (Phi) is 7.19. The van der Waals surface area contributed by atoms with E-state index in [-0.39, 0.29) is 11.9 Å². The van der Waals surface area contributed by atoms with Crippen molar-refractivity contribution in [3.63, 3.8) is 0 Å². The van der Waals surface area contributed by atoms with E-state index in [1.54, 1.807) is 6.20 Å². The van der Waals surface area contributed by atoms with Crippen LogP contribution in [0.15, 0.2) is 48.7 Å². The van der Waals surface area contributed by atoms with Gasteiger partial charge in [-0.15, -0.1) is 0 Å². The van der Waals surface area contributed by atoms with Gasteiger partial charge in [0.2, 0.25) is 0 Å². The normalized spacial score (nSPS) is 11.8. The Labute approximate surface area is 205 Å². The molecule has 1 atom stereocenters. The van der Waals surface area contributed by atoms with Crippen LogP contribution in [0.25, 0.3) is 11.4 Å². The van der Waals surface area contributed by atoms with Gasteiger partial charge in [-0.1, -0.05) is 12.1 Å². The molecule has 1 aromatic carbocycles. The summed E-state index contributed by atoms with van der Waals surface area (Å²) in [7, 11) is 0. The highest BCUT2D eigenvalue weighted by atomic mass is 16.5. The minimum absolute atomic E-state index is 0.174. The molecule has 2 N–H and O–H groups in total. The van der Waals surface area contributed by atoms with Gasteiger partial charge < -0.3 is 10.1 Å². The van der Waals surface area contributed by atoms with Crippen molar-refractivity contribution in [2.75, 3.05) is 6.61 Å². The van der Waals surface area contributed by atoms with E-state index in [9.17, 15) is 4.79 Å². The largest absolute Gasteiger partial charge is 0.494 e. The Hall–Kier alpha value is -4.07. The molecule has 0 fully saturated rings. The number of pyridine rings is 1. The molecule has 0 saturated heterocycles. The number of hydrogen-bond donors (Lipinski definition) is 2. The number of carbonyl (C=O) groups excluding carboxylic acids is 1. The van der Waals surface area contributed by atoms with Crippen molar-refractivity contribution >= 4 is 5.91 Å². The summed E-state index contributed by atoms with van der Waals surface area (Å²) in [4.78, 5) is 26.7. The lowest BCUT2D eigenvalue weighted by atomic mass is 10.1. The predicted octanol–water partition coefficient (Wildman–Crippen LogP) is 4.67. The van der Waals surface area contributed by atoms with Gasteiger partial charge in [0.05, 0.1) is 24.0 Å². The van der Waals surface area contributed by atoms with Gasteiger partial charge >= 0.3 is 0 Å². The molecule has 8 heteroatoms. The first-order chi connectivity index (χ1) is 16.8. The summed E-state index contributed by atoms with van der Waals surface area (Å²) in [5, 5.41) is 10.3. The summed E-state index contributed by atoms with van der Waals surface area (Å²) in [5.74, 6) is 1.16. The summed E-state index contributed by atoms with van der Waals surface area (Å²) in [6.45, 7) is 10.3. The Bertz CT molecular complexity index is 1330. The zero-order valence-electron chi connectivity index (χ0n) is 20.7. The molecule has 1 amide bonds. The van der Waals surface area contributed by atoms with Gasteiger partial charge in [-0.05, 0) is 76.1 Å². The van der Waals surface area contributed by atoms with Crippen molar-refractivity contribution in [2.24, 2.45) is 0 Å². The quantitative estimate of drug-likeness (QED) is 0.388. The number of nitrogens with one attached hydrogen (secondary N) is 2. The Morgan fingerprint density at radius 3 is 2.49 bits per heavy atom. The number of rotatable bonds is 8. The van der Waals surface area contributed by atoms with Crippen LogP contribution in [0.1, 0.15) is 64.3 Å². The molecule has 0 unspecified atom stereocenters. The monoisotopic (exact) mass is 470 g/mol.